The maximum Gasteiger partial charge on any atom is 0.325 e. The molecule has 0 heterocycles. The standard InChI is InChI=1S/C21H19BrN2O4/c1-14(21(27)28)23-20(26)18(12-5-9-15-7-3-2-4-8-15)24-19(25)16-10-6-11-17(22)13-16/h2-14H,1H3,(H,23,26)(H,24,25)(H,27,28)/b9-5-,18-12-/t14-/m0/s1. The minimum Gasteiger partial charge on any atom is -0.480 e. The van der Waals surface area contributed by atoms with Crippen molar-refractivity contribution >= 4 is 39.8 Å². The van der Waals surface area contributed by atoms with Crippen LogP contribution < -0.4 is 10.6 Å². The average Bonchev–Trinajstić information content (AvgIpc) is 2.67. The minimum absolute atomic E-state index is 0.0646. The zero-order valence-corrected chi connectivity index (χ0v) is 16.6. The Labute approximate surface area is 171 Å². The molecule has 2 aromatic rings. The van der Waals surface area contributed by atoms with Gasteiger partial charge in [-0.3, -0.25) is 14.4 Å². The van der Waals surface area contributed by atoms with Gasteiger partial charge in [-0.05, 0) is 36.8 Å². The van der Waals surface area contributed by atoms with Crippen molar-refractivity contribution in [3.05, 3.63) is 88.0 Å². The topological polar surface area (TPSA) is 95.5 Å². The number of amides is 2. The Balaban J connectivity index is 2.23. The molecule has 0 saturated heterocycles. The molecule has 7 heteroatoms. The van der Waals surface area contributed by atoms with Crippen molar-refractivity contribution in [3.63, 3.8) is 0 Å². The summed E-state index contributed by atoms with van der Waals surface area (Å²) < 4.78 is 0.721. The molecule has 0 fully saturated rings. The monoisotopic (exact) mass is 442 g/mol. The molecule has 144 valence electrons. The molecule has 0 unspecified atom stereocenters. The maximum atomic E-state index is 12.5. The Morgan fingerprint density at radius 2 is 1.79 bits per heavy atom. The van der Waals surface area contributed by atoms with E-state index in [2.05, 4.69) is 26.6 Å². The molecule has 2 amide bonds. The molecule has 0 spiro atoms. The van der Waals surface area contributed by atoms with Crippen molar-refractivity contribution in [2.75, 3.05) is 0 Å². The highest BCUT2D eigenvalue weighted by Gasteiger charge is 2.19. The Kier molecular flexibility index (Phi) is 7.71. The lowest BCUT2D eigenvalue weighted by atomic mass is 10.2. The van der Waals surface area contributed by atoms with E-state index < -0.39 is 23.8 Å². The summed E-state index contributed by atoms with van der Waals surface area (Å²) in [7, 11) is 0. The summed E-state index contributed by atoms with van der Waals surface area (Å²) in [6.45, 7) is 1.34. The summed E-state index contributed by atoms with van der Waals surface area (Å²) in [5, 5.41) is 13.9. The van der Waals surface area contributed by atoms with Crippen LogP contribution in [0.3, 0.4) is 0 Å². The largest absolute Gasteiger partial charge is 0.480 e. The van der Waals surface area contributed by atoms with E-state index in [9.17, 15) is 14.4 Å². The quantitative estimate of drug-likeness (QED) is 0.452. The van der Waals surface area contributed by atoms with E-state index >= 15 is 0 Å². The van der Waals surface area contributed by atoms with Crippen LogP contribution in [0.5, 0.6) is 0 Å². The van der Waals surface area contributed by atoms with E-state index in [0.717, 1.165) is 10.0 Å². The van der Waals surface area contributed by atoms with Crippen LogP contribution in [0.2, 0.25) is 0 Å². The lowest BCUT2D eigenvalue weighted by Crippen LogP contribution is -2.42. The third-order valence-corrected chi connectivity index (χ3v) is 4.14. The van der Waals surface area contributed by atoms with Crippen molar-refractivity contribution in [2.45, 2.75) is 13.0 Å². The van der Waals surface area contributed by atoms with Gasteiger partial charge in [0, 0.05) is 10.0 Å². The summed E-state index contributed by atoms with van der Waals surface area (Å²) in [6.07, 6.45) is 4.79. The van der Waals surface area contributed by atoms with Crippen LogP contribution >= 0.6 is 15.9 Å². The molecule has 0 aliphatic heterocycles. The zero-order chi connectivity index (χ0) is 20.5. The number of halogens is 1. The molecule has 0 bridgehead atoms. The first-order valence-corrected chi connectivity index (χ1v) is 9.20. The van der Waals surface area contributed by atoms with Crippen molar-refractivity contribution in [1.82, 2.24) is 10.6 Å². The van der Waals surface area contributed by atoms with E-state index in [1.807, 2.05) is 30.3 Å². The molecule has 3 N–H and O–H groups in total. The van der Waals surface area contributed by atoms with Gasteiger partial charge < -0.3 is 15.7 Å². The number of carbonyl (C=O) groups excluding carboxylic acids is 2. The number of carboxylic acid groups (broad SMARTS) is 1. The molecule has 0 aliphatic carbocycles. The lowest BCUT2D eigenvalue weighted by molar-refractivity contribution is -0.140. The molecule has 0 aromatic heterocycles. The molecular formula is C21H19BrN2O4. The van der Waals surface area contributed by atoms with Crippen LogP contribution in [0.15, 0.2) is 76.9 Å². The average molecular weight is 443 g/mol. The summed E-state index contributed by atoms with van der Waals surface area (Å²) in [5.41, 5.74) is 1.20. The Morgan fingerprint density at radius 1 is 1.07 bits per heavy atom. The van der Waals surface area contributed by atoms with Gasteiger partial charge in [0.15, 0.2) is 0 Å². The van der Waals surface area contributed by atoms with Crippen molar-refractivity contribution in [1.29, 1.82) is 0 Å². The van der Waals surface area contributed by atoms with E-state index in [-0.39, 0.29) is 5.70 Å². The summed E-state index contributed by atoms with van der Waals surface area (Å²) in [4.78, 5) is 35.9. The summed E-state index contributed by atoms with van der Waals surface area (Å²) >= 11 is 3.29. The Bertz CT molecular complexity index is 923. The third-order valence-electron chi connectivity index (χ3n) is 3.65. The highest BCUT2D eigenvalue weighted by atomic mass is 79.9. The van der Waals surface area contributed by atoms with Gasteiger partial charge in [0.05, 0.1) is 0 Å². The maximum absolute atomic E-state index is 12.5. The Hall–Kier alpha value is -3.19. The molecule has 0 saturated carbocycles. The third kappa shape index (κ3) is 6.51. The fourth-order valence-electron chi connectivity index (χ4n) is 2.15. The van der Waals surface area contributed by atoms with E-state index in [0.29, 0.717) is 5.56 Å². The zero-order valence-electron chi connectivity index (χ0n) is 15.1. The second-order valence-electron chi connectivity index (χ2n) is 5.85. The SMILES string of the molecule is C[C@H](NC(=O)/C(=C/C=C\c1ccccc1)NC(=O)c1cccc(Br)c1)C(=O)O. The van der Waals surface area contributed by atoms with Gasteiger partial charge in [0.2, 0.25) is 0 Å². The summed E-state index contributed by atoms with van der Waals surface area (Å²) in [6, 6.07) is 15.0. The number of aliphatic carboxylic acids is 1. The normalized spacial score (nSPS) is 12.4. The molecule has 6 nitrogen and oxygen atoms in total. The first kappa shape index (κ1) is 21.1. The number of nitrogens with one attached hydrogen (secondary N) is 2. The van der Waals surface area contributed by atoms with Gasteiger partial charge in [-0.25, -0.2) is 0 Å². The van der Waals surface area contributed by atoms with Crippen molar-refractivity contribution in [3.8, 4) is 0 Å². The molecule has 2 aromatic carbocycles. The van der Waals surface area contributed by atoms with Gasteiger partial charge in [-0.1, -0.05) is 64.5 Å². The Morgan fingerprint density at radius 3 is 2.43 bits per heavy atom. The number of allylic oxidation sites excluding steroid dienone is 2. The molecular weight excluding hydrogens is 424 g/mol. The van der Waals surface area contributed by atoms with Crippen LogP contribution in [0.1, 0.15) is 22.8 Å². The number of carbonyl (C=O) groups is 3. The number of hydrogen-bond donors (Lipinski definition) is 3. The van der Waals surface area contributed by atoms with Gasteiger partial charge in [-0.15, -0.1) is 0 Å². The second-order valence-corrected chi connectivity index (χ2v) is 6.76. The van der Waals surface area contributed by atoms with E-state index in [4.69, 9.17) is 5.11 Å². The number of benzene rings is 2. The lowest BCUT2D eigenvalue weighted by Gasteiger charge is -2.13. The van der Waals surface area contributed by atoms with Crippen LogP contribution in [0.4, 0.5) is 0 Å². The molecule has 1 atom stereocenters. The number of carboxylic acids is 1. The van der Waals surface area contributed by atoms with Gasteiger partial charge >= 0.3 is 5.97 Å². The highest BCUT2D eigenvalue weighted by molar-refractivity contribution is 9.10. The number of rotatable bonds is 7. The fourth-order valence-corrected chi connectivity index (χ4v) is 2.55. The second kappa shape index (κ2) is 10.2. The highest BCUT2D eigenvalue weighted by Crippen LogP contribution is 2.12. The van der Waals surface area contributed by atoms with Crippen LogP contribution in [-0.2, 0) is 9.59 Å². The van der Waals surface area contributed by atoms with E-state index in [1.54, 1.807) is 36.4 Å². The van der Waals surface area contributed by atoms with Crippen LogP contribution in [-0.4, -0.2) is 28.9 Å². The van der Waals surface area contributed by atoms with Crippen LogP contribution in [0, 0.1) is 0 Å². The molecule has 0 radical (unpaired) electrons. The first-order chi connectivity index (χ1) is 13.4. The summed E-state index contributed by atoms with van der Waals surface area (Å²) in [5.74, 6) is -2.36. The van der Waals surface area contributed by atoms with Gasteiger partial charge in [0.25, 0.3) is 11.8 Å². The minimum atomic E-state index is -1.18. The van der Waals surface area contributed by atoms with Crippen molar-refractivity contribution < 1.29 is 19.5 Å². The number of hydrogen-bond acceptors (Lipinski definition) is 3. The molecule has 2 rings (SSSR count). The smallest absolute Gasteiger partial charge is 0.325 e. The van der Waals surface area contributed by atoms with Crippen molar-refractivity contribution in [2.24, 2.45) is 0 Å². The predicted octanol–water partition coefficient (Wildman–Crippen LogP) is 3.37. The van der Waals surface area contributed by atoms with E-state index in [1.165, 1.54) is 13.0 Å². The van der Waals surface area contributed by atoms with Gasteiger partial charge in [-0.2, -0.15) is 0 Å². The first-order valence-electron chi connectivity index (χ1n) is 8.41. The molecule has 28 heavy (non-hydrogen) atoms. The van der Waals surface area contributed by atoms with Crippen LogP contribution in [0.25, 0.3) is 6.08 Å². The van der Waals surface area contributed by atoms with Gasteiger partial charge in [0.1, 0.15) is 11.7 Å². The fraction of sp³-hybridized carbons (Fsp3) is 0.0952. The molecule has 0 aliphatic rings. The predicted molar refractivity (Wildman–Crippen MR) is 110 cm³/mol.